The van der Waals surface area contributed by atoms with Crippen LogP contribution in [-0.2, 0) is 13.8 Å². The molecule has 0 unspecified atom stereocenters. The lowest BCUT2D eigenvalue weighted by molar-refractivity contribution is -0.0288. The summed E-state index contributed by atoms with van der Waals surface area (Å²) < 4.78 is 22.3. The van der Waals surface area contributed by atoms with Crippen LogP contribution >= 0.6 is 20.5 Å². The number of aromatic amines is 2. The van der Waals surface area contributed by atoms with Gasteiger partial charge in [-0.15, -0.1) is 0 Å². The molecular weight excluding hydrogens is 367 g/mol. The van der Waals surface area contributed by atoms with Gasteiger partial charge in [0.15, 0.2) is 11.7 Å². The maximum Gasteiger partial charge on any atom is 0.470 e. The quantitative estimate of drug-likeness (QED) is 0.260. The van der Waals surface area contributed by atoms with E-state index in [-0.39, 0.29) is 16.9 Å². The van der Waals surface area contributed by atoms with Gasteiger partial charge >= 0.3 is 13.5 Å². The van der Waals surface area contributed by atoms with Crippen molar-refractivity contribution in [3.63, 3.8) is 0 Å². The predicted octanol–water partition coefficient (Wildman–Crippen LogP) is -1.92. The number of thiol groups is 1. The zero-order chi connectivity index (χ0) is 17.6. The first-order chi connectivity index (χ1) is 11.2. The van der Waals surface area contributed by atoms with E-state index in [9.17, 15) is 19.3 Å². The van der Waals surface area contributed by atoms with Gasteiger partial charge in [0, 0.05) is 5.75 Å². The number of imidazole rings is 1. The molecule has 14 heteroatoms. The average Bonchev–Trinajstić information content (AvgIpc) is 3.00. The van der Waals surface area contributed by atoms with E-state index in [2.05, 4.69) is 27.1 Å². The number of nitrogens with one attached hydrogen (secondary N) is 2. The Hall–Kier alpha value is -1.47. The summed E-state index contributed by atoms with van der Waals surface area (Å²) in [5.41, 5.74) is -1.61. The van der Waals surface area contributed by atoms with E-state index in [4.69, 9.17) is 14.5 Å². The van der Waals surface area contributed by atoms with Crippen LogP contribution in [0.1, 0.15) is 6.23 Å². The molecule has 0 radical (unpaired) electrons. The number of aliphatic hydroxyl groups is 1. The Labute approximate surface area is 138 Å². The van der Waals surface area contributed by atoms with Crippen molar-refractivity contribution in [2.45, 2.75) is 24.5 Å². The van der Waals surface area contributed by atoms with Gasteiger partial charge in [0.2, 0.25) is 0 Å². The van der Waals surface area contributed by atoms with Crippen molar-refractivity contribution in [2.75, 3.05) is 5.75 Å². The number of aliphatic hydroxyl groups excluding tert-OH is 1. The molecule has 1 aliphatic rings. The summed E-state index contributed by atoms with van der Waals surface area (Å²) in [5.74, 6) is 0.00194. The van der Waals surface area contributed by atoms with E-state index >= 15 is 0 Å². The van der Waals surface area contributed by atoms with Crippen molar-refractivity contribution in [1.82, 2.24) is 19.5 Å². The first-order valence-electron chi connectivity index (χ1n) is 6.58. The molecular formula is C10H13N4O8PS. The third-order valence-corrected chi connectivity index (χ3v) is 4.37. The molecule has 2 aromatic heterocycles. The first-order valence-corrected chi connectivity index (χ1v) is 8.75. The number of rotatable bonds is 4. The van der Waals surface area contributed by atoms with Crippen LogP contribution in [0.4, 0.5) is 0 Å². The number of nitrogens with zero attached hydrogens (tertiary/aromatic N) is 2. The summed E-state index contributed by atoms with van der Waals surface area (Å²) in [5, 5.41) is 10.3. The van der Waals surface area contributed by atoms with Crippen LogP contribution in [0.25, 0.3) is 11.2 Å². The number of aromatic nitrogens is 4. The van der Waals surface area contributed by atoms with E-state index in [0.29, 0.717) is 0 Å². The van der Waals surface area contributed by atoms with Crippen molar-refractivity contribution in [1.29, 1.82) is 0 Å². The molecule has 12 nitrogen and oxygen atoms in total. The molecule has 0 aliphatic carbocycles. The first kappa shape index (κ1) is 17.4. The zero-order valence-electron chi connectivity index (χ0n) is 11.8. The summed E-state index contributed by atoms with van der Waals surface area (Å²) >= 11 is 4.00. The highest BCUT2D eigenvalue weighted by atomic mass is 32.1. The second-order valence-electron chi connectivity index (χ2n) is 5.06. The van der Waals surface area contributed by atoms with E-state index in [1.54, 1.807) is 0 Å². The molecule has 0 saturated carbocycles. The number of phosphoric ester groups is 1. The van der Waals surface area contributed by atoms with Crippen LogP contribution in [0.2, 0.25) is 0 Å². The molecule has 3 rings (SSSR count). The van der Waals surface area contributed by atoms with Gasteiger partial charge in [0.1, 0.15) is 17.9 Å². The van der Waals surface area contributed by atoms with Crippen molar-refractivity contribution >= 4 is 31.6 Å². The fraction of sp³-hybridized carbons (Fsp3) is 0.500. The monoisotopic (exact) mass is 380 g/mol. The fourth-order valence-electron chi connectivity index (χ4n) is 2.53. The van der Waals surface area contributed by atoms with E-state index in [0.717, 1.165) is 6.33 Å². The standard InChI is InChI=1S/C10H13N4O8PS/c15-5-6(22-23(18,19)20)3(1-24)21-9(5)14-2-11-4-7(14)12-10(17)13-8(4)16/h2-3,5-6,9,15,24H,1H2,(H2,18,19,20)(H2,12,13,16,17)/t3-,5-,6-,9-/m1/s1. The number of hydrogen-bond donors (Lipinski definition) is 6. The Morgan fingerprint density at radius 1 is 1.42 bits per heavy atom. The lowest BCUT2D eigenvalue weighted by atomic mass is 10.1. The van der Waals surface area contributed by atoms with Crippen molar-refractivity contribution in [3.8, 4) is 0 Å². The summed E-state index contributed by atoms with van der Waals surface area (Å²) in [6.07, 6.45) is -3.85. The second kappa shape index (κ2) is 6.11. The minimum absolute atomic E-state index is 0.00194. The third kappa shape index (κ3) is 3.07. The molecule has 1 saturated heterocycles. The Balaban J connectivity index is 2.03. The molecule has 2 aromatic rings. The van der Waals surface area contributed by atoms with Crippen molar-refractivity contribution < 1.29 is 28.7 Å². The minimum atomic E-state index is -4.88. The molecule has 0 bridgehead atoms. The van der Waals surface area contributed by atoms with Gasteiger partial charge in [-0.25, -0.2) is 14.3 Å². The molecule has 0 aromatic carbocycles. The highest BCUT2D eigenvalue weighted by Gasteiger charge is 2.48. The number of H-pyrrole nitrogens is 2. The van der Waals surface area contributed by atoms with Crippen LogP contribution < -0.4 is 11.2 Å². The normalized spacial score (nSPS) is 27.8. The van der Waals surface area contributed by atoms with Crippen molar-refractivity contribution in [2.24, 2.45) is 0 Å². The Kier molecular flexibility index (Phi) is 4.42. The molecule has 5 N–H and O–H groups in total. The van der Waals surface area contributed by atoms with Gasteiger partial charge in [0.05, 0.1) is 12.4 Å². The second-order valence-corrected chi connectivity index (χ2v) is 6.61. The lowest BCUT2D eigenvalue weighted by Gasteiger charge is -2.20. The largest absolute Gasteiger partial charge is 0.470 e. The van der Waals surface area contributed by atoms with Crippen LogP contribution in [0.15, 0.2) is 15.9 Å². The van der Waals surface area contributed by atoms with E-state index in [1.807, 2.05) is 4.98 Å². The van der Waals surface area contributed by atoms with Gasteiger partial charge in [-0.3, -0.25) is 23.9 Å². The third-order valence-electron chi connectivity index (χ3n) is 3.49. The smallest absolute Gasteiger partial charge is 0.386 e. The molecule has 24 heavy (non-hydrogen) atoms. The number of phosphoric acid groups is 1. The van der Waals surface area contributed by atoms with Gasteiger partial charge in [-0.2, -0.15) is 12.6 Å². The Morgan fingerprint density at radius 3 is 2.75 bits per heavy atom. The number of fused-ring (bicyclic) bond motifs is 1. The van der Waals surface area contributed by atoms with Gasteiger partial charge in [-0.05, 0) is 0 Å². The average molecular weight is 380 g/mol. The summed E-state index contributed by atoms with van der Waals surface area (Å²) in [4.78, 5) is 49.2. The SMILES string of the molecule is O=c1[nH]c(=O)c2ncn([C@@H]3O[C@H](CS)[C@@H](OP(=O)(O)O)[C@H]3O)c2[nH]1. The highest BCUT2D eigenvalue weighted by molar-refractivity contribution is 7.80. The summed E-state index contributed by atoms with van der Waals surface area (Å²) in [6, 6.07) is 0. The lowest BCUT2D eigenvalue weighted by Crippen LogP contribution is -2.34. The molecule has 1 fully saturated rings. The molecule has 0 spiro atoms. The van der Waals surface area contributed by atoms with Crippen LogP contribution in [0, 0.1) is 0 Å². The minimum Gasteiger partial charge on any atom is -0.386 e. The molecule has 0 amide bonds. The Bertz CT molecular complexity index is 917. The topological polar surface area (TPSA) is 180 Å². The number of ether oxygens (including phenoxy) is 1. The number of hydrogen-bond acceptors (Lipinski definition) is 8. The summed E-state index contributed by atoms with van der Waals surface area (Å²) in [6.45, 7) is 0. The van der Waals surface area contributed by atoms with Gasteiger partial charge in [-0.1, -0.05) is 0 Å². The molecule has 132 valence electrons. The maximum atomic E-state index is 11.7. The van der Waals surface area contributed by atoms with Crippen LogP contribution in [0.3, 0.4) is 0 Å². The maximum absolute atomic E-state index is 11.7. The van der Waals surface area contributed by atoms with Gasteiger partial charge in [0.25, 0.3) is 5.56 Å². The van der Waals surface area contributed by atoms with Crippen molar-refractivity contribution in [3.05, 3.63) is 27.2 Å². The Morgan fingerprint density at radius 2 is 2.12 bits per heavy atom. The van der Waals surface area contributed by atoms with Crippen LogP contribution in [0.5, 0.6) is 0 Å². The molecule has 4 atom stereocenters. The highest BCUT2D eigenvalue weighted by Crippen LogP contribution is 2.44. The predicted molar refractivity (Wildman–Crippen MR) is 81.7 cm³/mol. The van der Waals surface area contributed by atoms with E-state index < -0.39 is 43.6 Å². The molecule has 1 aliphatic heterocycles. The van der Waals surface area contributed by atoms with Crippen LogP contribution in [-0.4, -0.2) is 58.5 Å². The van der Waals surface area contributed by atoms with E-state index in [1.165, 1.54) is 4.57 Å². The molecule has 3 heterocycles. The van der Waals surface area contributed by atoms with Gasteiger partial charge < -0.3 is 19.6 Å². The fourth-order valence-corrected chi connectivity index (χ4v) is 3.40. The zero-order valence-corrected chi connectivity index (χ0v) is 13.6. The summed E-state index contributed by atoms with van der Waals surface area (Å²) in [7, 11) is -4.88.